The molecule has 2 N–H and O–H groups in total. The molecular weight excluding hydrogens is 451 g/mol. The normalized spacial score (nSPS) is 11.6. The Bertz CT molecular complexity index is 1100. The fourth-order valence-corrected chi connectivity index (χ4v) is 4.41. The van der Waals surface area contributed by atoms with Gasteiger partial charge in [-0.25, -0.2) is 4.98 Å². The van der Waals surface area contributed by atoms with Crippen molar-refractivity contribution < 1.29 is 13.6 Å². The smallest absolute Gasteiger partial charge is 0.290 e. The predicted molar refractivity (Wildman–Crippen MR) is 116 cm³/mol. The number of aromatic amines is 1. The molecule has 0 bridgehead atoms. The lowest BCUT2D eigenvalue weighted by Gasteiger charge is -2.20. The van der Waals surface area contributed by atoms with Crippen LogP contribution in [0.25, 0.3) is 0 Å². The number of imidazole rings is 1. The molecule has 1 aromatic heterocycles. The van der Waals surface area contributed by atoms with Gasteiger partial charge in [0.25, 0.3) is 11.8 Å². The van der Waals surface area contributed by atoms with E-state index in [0.29, 0.717) is 31.4 Å². The summed E-state index contributed by atoms with van der Waals surface area (Å²) in [5.41, 5.74) is 1.35. The van der Waals surface area contributed by atoms with Gasteiger partial charge in [0, 0.05) is 15.5 Å². The molecular formula is C21H19Cl2F2N3OS. The first-order valence-corrected chi connectivity index (χ1v) is 10.6. The quantitative estimate of drug-likeness (QED) is 0.444. The number of carbonyl (C=O) groups excluding carboxylic acids is 1. The highest BCUT2D eigenvalue weighted by Crippen LogP contribution is 2.36. The van der Waals surface area contributed by atoms with Crippen molar-refractivity contribution in [2.75, 3.05) is 6.54 Å². The van der Waals surface area contributed by atoms with Crippen LogP contribution >= 0.6 is 35.0 Å². The van der Waals surface area contributed by atoms with Gasteiger partial charge in [0.1, 0.15) is 16.5 Å². The van der Waals surface area contributed by atoms with Gasteiger partial charge in [0.2, 0.25) is 0 Å². The van der Waals surface area contributed by atoms with Gasteiger partial charge < -0.3 is 10.3 Å². The largest absolute Gasteiger partial charge is 0.344 e. The summed E-state index contributed by atoms with van der Waals surface area (Å²) in [6.07, 6.45) is 0. The molecule has 0 fully saturated rings. The first-order valence-electron chi connectivity index (χ1n) is 9.00. The maximum atomic E-state index is 14.7. The summed E-state index contributed by atoms with van der Waals surface area (Å²) in [5, 5.41) is 3.54. The second-order valence-corrected chi connectivity index (χ2v) is 8.76. The minimum absolute atomic E-state index is 0.0972. The molecule has 0 aliphatic rings. The third-order valence-corrected chi connectivity index (χ3v) is 6.09. The van der Waals surface area contributed by atoms with Crippen molar-refractivity contribution in [3.8, 4) is 0 Å². The fraction of sp³-hybridized carbons (Fsp3) is 0.238. The van der Waals surface area contributed by atoms with Crippen LogP contribution in [0, 0.1) is 20.8 Å². The molecule has 4 nitrogen and oxygen atoms in total. The zero-order valence-electron chi connectivity index (χ0n) is 16.4. The second kappa shape index (κ2) is 8.96. The Morgan fingerprint density at radius 1 is 1.17 bits per heavy atom. The van der Waals surface area contributed by atoms with Crippen molar-refractivity contribution in [3.63, 3.8) is 0 Å². The van der Waals surface area contributed by atoms with Gasteiger partial charge in [-0.2, -0.15) is 8.78 Å². The number of hydrogen-bond donors (Lipinski definition) is 2. The highest BCUT2D eigenvalue weighted by Gasteiger charge is 2.34. The van der Waals surface area contributed by atoms with Crippen LogP contribution in [0.4, 0.5) is 8.78 Å². The molecule has 158 valence electrons. The molecule has 1 amide bonds. The van der Waals surface area contributed by atoms with Crippen LogP contribution in [0.5, 0.6) is 0 Å². The van der Waals surface area contributed by atoms with Gasteiger partial charge in [-0.3, -0.25) is 4.79 Å². The molecule has 0 radical (unpaired) electrons. The topological polar surface area (TPSA) is 57.8 Å². The SMILES string of the molecule is Cc1ccc(C(F)(F)CNC(=O)c2[nH]c(C)nc2Sc2ccc(Cl)cc2Cl)c(C)c1. The Kier molecular flexibility index (Phi) is 6.75. The maximum Gasteiger partial charge on any atom is 0.290 e. The van der Waals surface area contributed by atoms with Crippen LogP contribution in [0.2, 0.25) is 10.0 Å². The minimum Gasteiger partial charge on any atom is -0.344 e. The zero-order valence-corrected chi connectivity index (χ0v) is 18.8. The van der Waals surface area contributed by atoms with Gasteiger partial charge >= 0.3 is 0 Å². The summed E-state index contributed by atoms with van der Waals surface area (Å²) in [7, 11) is 0. The first kappa shape index (κ1) is 22.6. The number of nitrogens with one attached hydrogen (secondary N) is 2. The summed E-state index contributed by atoms with van der Waals surface area (Å²) in [6, 6.07) is 9.65. The van der Waals surface area contributed by atoms with E-state index in [-0.39, 0.29) is 11.3 Å². The van der Waals surface area contributed by atoms with E-state index in [1.54, 1.807) is 44.2 Å². The number of amides is 1. The average molecular weight is 470 g/mol. The van der Waals surface area contributed by atoms with E-state index in [0.717, 1.165) is 17.3 Å². The van der Waals surface area contributed by atoms with Crippen LogP contribution < -0.4 is 5.32 Å². The Morgan fingerprint density at radius 2 is 1.90 bits per heavy atom. The van der Waals surface area contributed by atoms with Crippen molar-refractivity contribution in [1.82, 2.24) is 15.3 Å². The van der Waals surface area contributed by atoms with E-state index in [1.807, 2.05) is 6.92 Å². The number of aromatic nitrogens is 2. The van der Waals surface area contributed by atoms with Crippen LogP contribution in [0.3, 0.4) is 0 Å². The van der Waals surface area contributed by atoms with Crippen molar-refractivity contribution in [1.29, 1.82) is 0 Å². The molecule has 0 aliphatic heterocycles. The molecule has 2 aromatic carbocycles. The van der Waals surface area contributed by atoms with Crippen LogP contribution in [-0.4, -0.2) is 22.4 Å². The van der Waals surface area contributed by atoms with Gasteiger partial charge in [0.15, 0.2) is 0 Å². The van der Waals surface area contributed by atoms with Crippen LogP contribution in [0.1, 0.15) is 33.0 Å². The van der Waals surface area contributed by atoms with Crippen LogP contribution in [-0.2, 0) is 5.92 Å². The van der Waals surface area contributed by atoms with Crippen molar-refractivity contribution in [3.05, 3.63) is 74.7 Å². The van der Waals surface area contributed by atoms with E-state index >= 15 is 0 Å². The number of hydrogen-bond acceptors (Lipinski definition) is 3. The monoisotopic (exact) mass is 469 g/mol. The van der Waals surface area contributed by atoms with Crippen LogP contribution in [0.15, 0.2) is 46.3 Å². The molecule has 1 heterocycles. The summed E-state index contributed by atoms with van der Waals surface area (Å²) >= 11 is 13.3. The van der Waals surface area contributed by atoms with Gasteiger partial charge in [0.05, 0.1) is 11.6 Å². The summed E-state index contributed by atoms with van der Waals surface area (Å²) in [5.74, 6) is -3.41. The standard InChI is InChI=1S/C21H19Cl2F2N3OS/c1-11-4-6-15(12(2)8-11)21(24,25)10-26-19(29)18-20(28-13(3)27-18)30-17-7-5-14(22)9-16(17)23/h4-9H,10H2,1-3H3,(H,26,29)(H,27,28). The molecule has 0 spiro atoms. The number of aryl methyl sites for hydroxylation is 3. The predicted octanol–water partition coefficient (Wildman–Crippen LogP) is 6.31. The maximum absolute atomic E-state index is 14.7. The molecule has 0 aliphatic carbocycles. The molecule has 3 rings (SSSR count). The number of H-pyrrole nitrogens is 1. The number of halogens is 4. The van der Waals surface area contributed by atoms with Gasteiger partial charge in [-0.1, -0.05) is 58.7 Å². The number of alkyl halides is 2. The van der Waals surface area contributed by atoms with Gasteiger partial charge in [-0.05, 0) is 44.5 Å². The lowest BCUT2D eigenvalue weighted by atomic mass is 10.0. The fourth-order valence-electron chi connectivity index (χ4n) is 2.96. The number of nitrogens with zero attached hydrogens (tertiary/aromatic N) is 1. The summed E-state index contributed by atoms with van der Waals surface area (Å²) < 4.78 is 29.4. The molecule has 30 heavy (non-hydrogen) atoms. The van der Waals surface area contributed by atoms with E-state index in [4.69, 9.17) is 23.2 Å². The minimum atomic E-state index is -3.21. The van der Waals surface area contributed by atoms with Crippen molar-refractivity contribution in [2.45, 2.75) is 36.6 Å². The molecule has 0 unspecified atom stereocenters. The van der Waals surface area contributed by atoms with E-state index in [2.05, 4.69) is 15.3 Å². The highest BCUT2D eigenvalue weighted by molar-refractivity contribution is 7.99. The van der Waals surface area contributed by atoms with E-state index in [1.165, 1.54) is 6.07 Å². The summed E-state index contributed by atoms with van der Waals surface area (Å²) in [6.45, 7) is 4.30. The Balaban J connectivity index is 1.77. The number of benzene rings is 2. The number of rotatable bonds is 6. The number of carbonyl (C=O) groups is 1. The third-order valence-electron chi connectivity index (χ3n) is 4.36. The first-order chi connectivity index (χ1) is 14.1. The van der Waals surface area contributed by atoms with E-state index in [9.17, 15) is 13.6 Å². The van der Waals surface area contributed by atoms with Crippen molar-refractivity contribution in [2.24, 2.45) is 0 Å². The Labute approximate surface area is 187 Å². The lowest BCUT2D eigenvalue weighted by Crippen LogP contribution is -2.35. The highest BCUT2D eigenvalue weighted by atomic mass is 35.5. The zero-order chi connectivity index (χ0) is 22.1. The second-order valence-electron chi connectivity index (χ2n) is 6.88. The lowest BCUT2D eigenvalue weighted by molar-refractivity contribution is -0.00314. The van der Waals surface area contributed by atoms with E-state index < -0.39 is 18.4 Å². The molecule has 0 saturated carbocycles. The Hall–Kier alpha value is -2.09. The molecule has 0 saturated heterocycles. The molecule has 9 heteroatoms. The Morgan fingerprint density at radius 3 is 2.57 bits per heavy atom. The average Bonchev–Trinajstić information content (AvgIpc) is 3.02. The van der Waals surface area contributed by atoms with Crippen molar-refractivity contribution >= 4 is 40.9 Å². The molecule has 0 atom stereocenters. The molecule has 3 aromatic rings. The third kappa shape index (κ3) is 5.14. The van der Waals surface area contributed by atoms with Gasteiger partial charge in [-0.15, -0.1) is 0 Å². The summed E-state index contributed by atoms with van der Waals surface area (Å²) in [4.78, 5) is 20.4.